The van der Waals surface area contributed by atoms with Crippen LogP contribution < -0.4 is 10.6 Å². The molecule has 2 aliphatic heterocycles. The van der Waals surface area contributed by atoms with Crippen LogP contribution in [0, 0.1) is 5.41 Å². The molecule has 3 heterocycles. The second kappa shape index (κ2) is 6.04. The third kappa shape index (κ3) is 2.62. The first-order chi connectivity index (χ1) is 12.1. The van der Waals surface area contributed by atoms with E-state index in [1.165, 1.54) is 5.56 Å². The fourth-order valence-corrected chi connectivity index (χ4v) is 4.32. The SMILES string of the molecule is NCc1cccnc1N1C[C@@]2(Cc3ccccc3)CN(C(=O)O)C[C@@H]12. The summed E-state index contributed by atoms with van der Waals surface area (Å²) in [4.78, 5) is 19.8. The molecule has 0 bridgehead atoms. The Labute approximate surface area is 146 Å². The lowest BCUT2D eigenvalue weighted by molar-refractivity contribution is 0.144. The standard InChI is InChI=1S/C19H22N4O2/c20-10-15-7-4-8-21-17(15)23-13-19(9-14-5-2-1-3-6-14)12-22(18(24)25)11-16(19)23/h1-8,16H,9-13,20H2,(H,24,25)/t16-,19-/m1/s1. The highest BCUT2D eigenvalue weighted by Crippen LogP contribution is 2.48. The number of fused-ring (bicyclic) bond motifs is 1. The topological polar surface area (TPSA) is 82.7 Å². The second-order valence-corrected chi connectivity index (χ2v) is 7.02. The zero-order chi connectivity index (χ0) is 17.4. The molecule has 0 aliphatic carbocycles. The molecule has 6 nitrogen and oxygen atoms in total. The van der Waals surface area contributed by atoms with Gasteiger partial charge in [-0.05, 0) is 18.1 Å². The molecular formula is C19H22N4O2. The Bertz CT molecular complexity index is 782. The van der Waals surface area contributed by atoms with Crippen LogP contribution in [0.15, 0.2) is 48.7 Å². The molecule has 0 spiro atoms. The number of amides is 1. The summed E-state index contributed by atoms with van der Waals surface area (Å²) in [5.74, 6) is 0.894. The van der Waals surface area contributed by atoms with E-state index in [1.807, 2.05) is 30.3 Å². The van der Waals surface area contributed by atoms with Gasteiger partial charge in [-0.2, -0.15) is 0 Å². The van der Waals surface area contributed by atoms with E-state index in [-0.39, 0.29) is 11.5 Å². The number of anilines is 1. The number of benzene rings is 1. The molecular weight excluding hydrogens is 316 g/mol. The first-order valence-corrected chi connectivity index (χ1v) is 8.55. The number of nitrogens with two attached hydrogens (primary N) is 1. The molecule has 6 heteroatoms. The van der Waals surface area contributed by atoms with Crippen molar-refractivity contribution in [2.24, 2.45) is 11.1 Å². The van der Waals surface area contributed by atoms with Crippen LogP contribution in [0.5, 0.6) is 0 Å². The number of rotatable bonds is 4. The average molecular weight is 338 g/mol. The van der Waals surface area contributed by atoms with Gasteiger partial charge in [-0.1, -0.05) is 36.4 Å². The van der Waals surface area contributed by atoms with Crippen molar-refractivity contribution in [2.75, 3.05) is 24.5 Å². The molecule has 0 radical (unpaired) electrons. The molecule has 25 heavy (non-hydrogen) atoms. The molecule has 1 aromatic heterocycles. The van der Waals surface area contributed by atoms with Gasteiger partial charge < -0.3 is 20.6 Å². The summed E-state index contributed by atoms with van der Waals surface area (Å²) in [6, 6.07) is 14.3. The average Bonchev–Trinajstić information content (AvgIpc) is 2.90. The normalized spacial score (nSPS) is 24.8. The van der Waals surface area contributed by atoms with Gasteiger partial charge in [0.25, 0.3) is 0 Å². The summed E-state index contributed by atoms with van der Waals surface area (Å²) in [6.45, 7) is 2.33. The molecule has 2 saturated heterocycles. The molecule has 1 amide bonds. The first-order valence-electron chi connectivity index (χ1n) is 8.55. The Kier molecular flexibility index (Phi) is 3.84. The van der Waals surface area contributed by atoms with Gasteiger partial charge in [0, 0.05) is 43.4 Å². The van der Waals surface area contributed by atoms with E-state index in [0.717, 1.165) is 24.3 Å². The number of nitrogens with zero attached hydrogens (tertiary/aromatic N) is 3. The Morgan fingerprint density at radius 2 is 2.04 bits per heavy atom. The maximum Gasteiger partial charge on any atom is 0.407 e. The summed E-state index contributed by atoms with van der Waals surface area (Å²) in [5, 5.41) is 9.49. The van der Waals surface area contributed by atoms with Gasteiger partial charge in [-0.3, -0.25) is 0 Å². The maximum atomic E-state index is 11.6. The highest BCUT2D eigenvalue weighted by Gasteiger charge is 2.59. The predicted octanol–water partition coefficient (Wildman–Crippen LogP) is 1.95. The van der Waals surface area contributed by atoms with E-state index in [2.05, 4.69) is 22.0 Å². The van der Waals surface area contributed by atoms with E-state index in [0.29, 0.717) is 19.6 Å². The van der Waals surface area contributed by atoms with E-state index < -0.39 is 6.09 Å². The molecule has 4 rings (SSSR count). The van der Waals surface area contributed by atoms with Crippen molar-refractivity contribution in [1.82, 2.24) is 9.88 Å². The van der Waals surface area contributed by atoms with E-state index in [1.54, 1.807) is 11.1 Å². The minimum Gasteiger partial charge on any atom is -0.465 e. The Balaban J connectivity index is 1.64. The molecule has 0 unspecified atom stereocenters. The third-order valence-corrected chi connectivity index (χ3v) is 5.50. The van der Waals surface area contributed by atoms with Crippen LogP contribution in [0.25, 0.3) is 0 Å². The lowest BCUT2D eigenvalue weighted by atomic mass is 9.69. The molecule has 2 aliphatic rings. The van der Waals surface area contributed by atoms with Gasteiger partial charge in [-0.25, -0.2) is 9.78 Å². The minimum atomic E-state index is -0.846. The van der Waals surface area contributed by atoms with Crippen LogP contribution >= 0.6 is 0 Å². The summed E-state index contributed by atoms with van der Waals surface area (Å²) in [5.41, 5.74) is 8.07. The van der Waals surface area contributed by atoms with Crippen LogP contribution in [0.1, 0.15) is 11.1 Å². The zero-order valence-electron chi connectivity index (χ0n) is 14.0. The van der Waals surface area contributed by atoms with E-state index in [9.17, 15) is 9.90 Å². The van der Waals surface area contributed by atoms with E-state index in [4.69, 9.17) is 5.73 Å². The molecule has 3 N–H and O–H groups in total. The van der Waals surface area contributed by atoms with Gasteiger partial charge in [0.1, 0.15) is 5.82 Å². The van der Waals surface area contributed by atoms with Gasteiger partial charge in [0.2, 0.25) is 0 Å². The third-order valence-electron chi connectivity index (χ3n) is 5.50. The van der Waals surface area contributed by atoms with E-state index >= 15 is 0 Å². The van der Waals surface area contributed by atoms with Crippen molar-refractivity contribution in [1.29, 1.82) is 0 Å². The van der Waals surface area contributed by atoms with Gasteiger partial charge >= 0.3 is 6.09 Å². The Morgan fingerprint density at radius 1 is 1.24 bits per heavy atom. The molecule has 0 saturated carbocycles. The highest BCUT2D eigenvalue weighted by molar-refractivity contribution is 5.67. The number of carbonyl (C=O) groups is 1. The van der Waals surface area contributed by atoms with Crippen molar-refractivity contribution >= 4 is 11.9 Å². The number of hydrogen-bond donors (Lipinski definition) is 2. The van der Waals surface area contributed by atoms with Crippen molar-refractivity contribution in [3.8, 4) is 0 Å². The first kappa shape index (κ1) is 15.9. The van der Waals surface area contributed by atoms with Gasteiger partial charge in [0.15, 0.2) is 0 Å². The van der Waals surface area contributed by atoms with Crippen molar-refractivity contribution in [2.45, 2.75) is 19.0 Å². The predicted molar refractivity (Wildman–Crippen MR) is 95.4 cm³/mol. The zero-order valence-corrected chi connectivity index (χ0v) is 14.0. The van der Waals surface area contributed by atoms with Crippen molar-refractivity contribution in [3.05, 3.63) is 59.8 Å². The van der Waals surface area contributed by atoms with Crippen molar-refractivity contribution in [3.63, 3.8) is 0 Å². The summed E-state index contributed by atoms with van der Waals surface area (Å²) in [6.07, 6.45) is 1.81. The largest absolute Gasteiger partial charge is 0.465 e. The van der Waals surface area contributed by atoms with Crippen LogP contribution in [-0.2, 0) is 13.0 Å². The lowest BCUT2D eigenvalue weighted by Gasteiger charge is -2.54. The number of aromatic nitrogens is 1. The number of carboxylic acid groups (broad SMARTS) is 1. The second-order valence-electron chi connectivity index (χ2n) is 7.02. The number of hydrogen-bond acceptors (Lipinski definition) is 4. The van der Waals surface area contributed by atoms with Crippen LogP contribution in [-0.4, -0.2) is 46.8 Å². The van der Waals surface area contributed by atoms with Gasteiger partial charge in [0.05, 0.1) is 6.04 Å². The van der Waals surface area contributed by atoms with Crippen LogP contribution in [0.4, 0.5) is 10.6 Å². The van der Waals surface area contributed by atoms with Crippen LogP contribution in [0.2, 0.25) is 0 Å². The quantitative estimate of drug-likeness (QED) is 0.890. The Morgan fingerprint density at radius 3 is 2.76 bits per heavy atom. The Hall–Kier alpha value is -2.60. The maximum absolute atomic E-state index is 11.6. The fourth-order valence-electron chi connectivity index (χ4n) is 4.32. The van der Waals surface area contributed by atoms with Crippen LogP contribution in [0.3, 0.4) is 0 Å². The summed E-state index contributed by atoms with van der Waals surface area (Å²) in [7, 11) is 0. The molecule has 2 aromatic rings. The fraction of sp³-hybridized carbons (Fsp3) is 0.368. The summed E-state index contributed by atoms with van der Waals surface area (Å²) >= 11 is 0. The summed E-state index contributed by atoms with van der Waals surface area (Å²) < 4.78 is 0. The number of pyridine rings is 1. The lowest BCUT2D eigenvalue weighted by Crippen LogP contribution is -2.65. The monoisotopic (exact) mass is 338 g/mol. The molecule has 130 valence electrons. The number of likely N-dealkylation sites (tertiary alicyclic amines) is 1. The highest BCUT2D eigenvalue weighted by atomic mass is 16.4. The molecule has 1 aromatic carbocycles. The molecule has 2 fully saturated rings. The van der Waals surface area contributed by atoms with Gasteiger partial charge in [-0.15, -0.1) is 0 Å². The minimum absolute atomic E-state index is 0.0524. The van der Waals surface area contributed by atoms with Crippen molar-refractivity contribution < 1.29 is 9.90 Å². The smallest absolute Gasteiger partial charge is 0.407 e. The molecule has 2 atom stereocenters.